The molecule has 1 aromatic rings. The van der Waals surface area contributed by atoms with E-state index in [-0.39, 0.29) is 0 Å². The molecule has 162 valence electrons. The van der Waals surface area contributed by atoms with Gasteiger partial charge >= 0.3 is 0 Å². The van der Waals surface area contributed by atoms with E-state index in [1.807, 2.05) is 19.2 Å². The van der Waals surface area contributed by atoms with Crippen molar-refractivity contribution in [2.45, 2.75) is 12.8 Å². The highest BCUT2D eigenvalue weighted by Gasteiger charge is 2.21. The van der Waals surface area contributed by atoms with E-state index in [0.29, 0.717) is 0 Å². The SMILES string of the molecule is CN=C(NCCCN1CCCN(C)CC1)N1CCN(c2ccccc2OC)CC1. The van der Waals surface area contributed by atoms with Crippen LogP contribution in [0.25, 0.3) is 0 Å². The van der Waals surface area contributed by atoms with E-state index in [2.05, 4.69) is 49.1 Å². The Balaban J connectivity index is 1.40. The van der Waals surface area contributed by atoms with Gasteiger partial charge in [-0.25, -0.2) is 0 Å². The first kappa shape index (κ1) is 21.7. The van der Waals surface area contributed by atoms with Gasteiger partial charge in [0.1, 0.15) is 5.75 Å². The summed E-state index contributed by atoms with van der Waals surface area (Å²) in [5.41, 5.74) is 1.18. The normalized spacial score (nSPS) is 19.9. The smallest absolute Gasteiger partial charge is 0.193 e. The average Bonchev–Trinajstić information content (AvgIpc) is 2.98. The molecule has 7 heteroatoms. The van der Waals surface area contributed by atoms with Crippen LogP contribution >= 0.6 is 0 Å². The number of nitrogens with zero attached hydrogens (tertiary/aromatic N) is 5. The number of hydrogen-bond acceptors (Lipinski definition) is 5. The van der Waals surface area contributed by atoms with Crippen molar-refractivity contribution in [3.63, 3.8) is 0 Å². The fourth-order valence-corrected chi connectivity index (χ4v) is 4.21. The van der Waals surface area contributed by atoms with Crippen LogP contribution in [0.1, 0.15) is 12.8 Å². The zero-order valence-corrected chi connectivity index (χ0v) is 18.4. The second kappa shape index (κ2) is 11.3. The number of ether oxygens (including phenoxy) is 1. The number of anilines is 1. The maximum Gasteiger partial charge on any atom is 0.193 e. The van der Waals surface area contributed by atoms with Gasteiger partial charge in [-0.15, -0.1) is 0 Å². The molecule has 1 aromatic carbocycles. The van der Waals surface area contributed by atoms with Crippen molar-refractivity contribution in [3.05, 3.63) is 24.3 Å². The van der Waals surface area contributed by atoms with Crippen molar-refractivity contribution in [3.8, 4) is 5.75 Å². The van der Waals surface area contributed by atoms with Crippen LogP contribution in [0.3, 0.4) is 0 Å². The van der Waals surface area contributed by atoms with Gasteiger partial charge in [-0.1, -0.05) is 12.1 Å². The molecular formula is C22H38N6O. The number of benzene rings is 1. The number of rotatable bonds is 6. The Morgan fingerprint density at radius 2 is 1.83 bits per heavy atom. The lowest BCUT2D eigenvalue weighted by Gasteiger charge is -2.38. The number of nitrogens with one attached hydrogen (secondary N) is 1. The summed E-state index contributed by atoms with van der Waals surface area (Å²) in [5.74, 6) is 1.98. The van der Waals surface area contributed by atoms with Crippen LogP contribution in [0, 0.1) is 0 Å². The molecule has 2 aliphatic heterocycles. The number of para-hydroxylation sites is 2. The molecule has 2 heterocycles. The second-order valence-electron chi connectivity index (χ2n) is 7.97. The summed E-state index contributed by atoms with van der Waals surface area (Å²) in [4.78, 5) is 14.3. The minimum absolute atomic E-state index is 0.947. The van der Waals surface area contributed by atoms with Gasteiger partial charge in [-0.3, -0.25) is 4.99 Å². The molecule has 0 saturated carbocycles. The van der Waals surface area contributed by atoms with Crippen molar-refractivity contribution in [2.75, 3.05) is 91.6 Å². The van der Waals surface area contributed by atoms with Gasteiger partial charge in [0.15, 0.2) is 5.96 Å². The lowest BCUT2D eigenvalue weighted by molar-refractivity contribution is 0.273. The Labute approximate surface area is 176 Å². The third-order valence-corrected chi connectivity index (χ3v) is 5.96. The second-order valence-corrected chi connectivity index (χ2v) is 7.97. The molecule has 0 amide bonds. The van der Waals surface area contributed by atoms with Gasteiger partial charge in [0, 0.05) is 52.9 Å². The van der Waals surface area contributed by atoms with Gasteiger partial charge in [0.05, 0.1) is 12.8 Å². The molecule has 0 bridgehead atoms. The highest BCUT2D eigenvalue weighted by Crippen LogP contribution is 2.28. The van der Waals surface area contributed by atoms with E-state index < -0.39 is 0 Å². The molecule has 7 nitrogen and oxygen atoms in total. The number of aliphatic imine (C=N–C) groups is 1. The van der Waals surface area contributed by atoms with Gasteiger partial charge in [0.2, 0.25) is 0 Å². The Morgan fingerprint density at radius 1 is 1.03 bits per heavy atom. The Kier molecular flexibility index (Phi) is 8.43. The fraction of sp³-hybridized carbons (Fsp3) is 0.682. The Bertz CT molecular complexity index is 644. The first-order chi connectivity index (χ1) is 14.2. The third-order valence-electron chi connectivity index (χ3n) is 5.96. The van der Waals surface area contributed by atoms with Crippen LogP contribution in [0.2, 0.25) is 0 Å². The van der Waals surface area contributed by atoms with Crippen LogP contribution in [-0.2, 0) is 0 Å². The summed E-state index contributed by atoms with van der Waals surface area (Å²) < 4.78 is 5.53. The minimum atomic E-state index is 0.947. The Hall–Kier alpha value is -1.99. The first-order valence-corrected chi connectivity index (χ1v) is 11.0. The maximum atomic E-state index is 5.53. The van der Waals surface area contributed by atoms with Crippen LogP contribution < -0.4 is 15.0 Å². The fourth-order valence-electron chi connectivity index (χ4n) is 4.21. The monoisotopic (exact) mass is 402 g/mol. The molecule has 3 rings (SSSR count). The van der Waals surface area contributed by atoms with E-state index in [0.717, 1.165) is 50.9 Å². The standard InChI is InChI=1S/C22H38N6O/c1-23-22(24-10-6-12-26-13-7-11-25(2)14-15-26)28-18-16-27(17-19-28)20-8-4-5-9-21(20)29-3/h4-5,8-9H,6-7,10-19H2,1-3H3,(H,23,24). The summed E-state index contributed by atoms with van der Waals surface area (Å²) in [7, 11) is 5.85. The summed E-state index contributed by atoms with van der Waals surface area (Å²) >= 11 is 0. The van der Waals surface area contributed by atoms with Crippen molar-refractivity contribution < 1.29 is 4.74 Å². The molecule has 0 radical (unpaired) electrons. The largest absolute Gasteiger partial charge is 0.495 e. The zero-order chi connectivity index (χ0) is 20.5. The van der Waals surface area contributed by atoms with Crippen molar-refractivity contribution in [2.24, 2.45) is 4.99 Å². The van der Waals surface area contributed by atoms with Crippen LogP contribution in [-0.4, -0.2) is 107 Å². The first-order valence-electron chi connectivity index (χ1n) is 11.0. The zero-order valence-electron chi connectivity index (χ0n) is 18.4. The molecule has 0 aromatic heterocycles. The predicted octanol–water partition coefficient (Wildman–Crippen LogP) is 1.42. The molecule has 2 aliphatic rings. The third kappa shape index (κ3) is 6.24. The summed E-state index contributed by atoms with van der Waals surface area (Å²) in [6, 6.07) is 8.27. The van der Waals surface area contributed by atoms with Gasteiger partial charge in [-0.05, 0) is 51.7 Å². The topological polar surface area (TPSA) is 46.6 Å². The number of piperazine rings is 1. The molecule has 0 atom stereocenters. The van der Waals surface area contributed by atoms with Crippen LogP contribution in [0.5, 0.6) is 5.75 Å². The molecule has 2 fully saturated rings. The summed E-state index contributed by atoms with van der Waals surface area (Å²) in [6.45, 7) is 10.9. The van der Waals surface area contributed by atoms with Crippen molar-refractivity contribution in [1.82, 2.24) is 20.0 Å². The minimum Gasteiger partial charge on any atom is -0.495 e. The van der Waals surface area contributed by atoms with E-state index in [9.17, 15) is 0 Å². The number of methoxy groups -OCH3 is 1. The highest BCUT2D eigenvalue weighted by molar-refractivity contribution is 5.80. The molecule has 29 heavy (non-hydrogen) atoms. The lowest BCUT2D eigenvalue weighted by atomic mass is 10.2. The van der Waals surface area contributed by atoms with Crippen molar-refractivity contribution in [1.29, 1.82) is 0 Å². The summed E-state index contributed by atoms with van der Waals surface area (Å²) in [5, 5.41) is 3.58. The maximum absolute atomic E-state index is 5.53. The molecule has 0 aliphatic carbocycles. The lowest BCUT2D eigenvalue weighted by Crippen LogP contribution is -2.52. The molecule has 2 saturated heterocycles. The van der Waals surface area contributed by atoms with Gasteiger partial charge < -0.3 is 29.7 Å². The van der Waals surface area contributed by atoms with Crippen molar-refractivity contribution >= 4 is 11.6 Å². The quantitative estimate of drug-likeness (QED) is 0.441. The van der Waals surface area contributed by atoms with Gasteiger partial charge in [-0.2, -0.15) is 0 Å². The highest BCUT2D eigenvalue weighted by atomic mass is 16.5. The predicted molar refractivity (Wildman–Crippen MR) is 121 cm³/mol. The number of guanidine groups is 1. The van der Waals surface area contributed by atoms with Gasteiger partial charge in [0.25, 0.3) is 0 Å². The Morgan fingerprint density at radius 3 is 2.59 bits per heavy atom. The average molecular weight is 403 g/mol. The van der Waals surface area contributed by atoms with Crippen LogP contribution in [0.4, 0.5) is 5.69 Å². The molecular weight excluding hydrogens is 364 g/mol. The van der Waals surface area contributed by atoms with Crippen LogP contribution in [0.15, 0.2) is 29.3 Å². The van der Waals surface area contributed by atoms with E-state index >= 15 is 0 Å². The molecule has 0 spiro atoms. The van der Waals surface area contributed by atoms with E-state index in [4.69, 9.17) is 4.74 Å². The number of likely N-dealkylation sites (N-methyl/N-ethyl adjacent to an activating group) is 1. The van der Waals surface area contributed by atoms with E-state index in [1.165, 1.54) is 44.8 Å². The number of hydrogen-bond donors (Lipinski definition) is 1. The summed E-state index contributed by atoms with van der Waals surface area (Å²) in [6.07, 6.45) is 2.44. The van der Waals surface area contributed by atoms with E-state index in [1.54, 1.807) is 7.11 Å². The molecule has 1 N–H and O–H groups in total. The molecule has 0 unspecified atom stereocenters.